The van der Waals surface area contributed by atoms with Gasteiger partial charge in [-0.15, -0.1) is 0 Å². The zero-order chi connectivity index (χ0) is 11.1. The quantitative estimate of drug-likeness (QED) is 0.703. The molecule has 0 bridgehead atoms. The van der Waals surface area contributed by atoms with Gasteiger partial charge >= 0.3 is 5.97 Å². The average molecular weight is 211 g/mol. The van der Waals surface area contributed by atoms with Crippen molar-refractivity contribution in [2.75, 3.05) is 6.61 Å². The smallest absolute Gasteiger partial charge is 0.305 e. The van der Waals surface area contributed by atoms with Crippen LogP contribution < -0.4 is 5.73 Å². The van der Waals surface area contributed by atoms with Crippen molar-refractivity contribution in [1.29, 1.82) is 0 Å². The molecule has 84 valence electrons. The molecular weight excluding hydrogens is 194 g/mol. The van der Waals surface area contributed by atoms with E-state index in [4.69, 9.17) is 10.5 Å². The van der Waals surface area contributed by atoms with E-state index in [2.05, 4.69) is 4.98 Å². The Bertz CT molecular complexity index is 309. The van der Waals surface area contributed by atoms with Crippen LogP contribution in [0.3, 0.4) is 0 Å². The van der Waals surface area contributed by atoms with Crippen molar-refractivity contribution in [3.63, 3.8) is 0 Å². The summed E-state index contributed by atoms with van der Waals surface area (Å²) in [5, 5.41) is 0. The van der Waals surface area contributed by atoms with Gasteiger partial charge in [-0.2, -0.15) is 0 Å². The van der Waals surface area contributed by atoms with Crippen LogP contribution in [0.15, 0.2) is 12.5 Å². The van der Waals surface area contributed by atoms with Crippen molar-refractivity contribution in [2.24, 2.45) is 5.73 Å². The molecule has 1 aromatic rings. The Kier molecular flexibility index (Phi) is 4.83. The van der Waals surface area contributed by atoms with Crippen molar-refractivity contribution in [3.8, 4) is 0 Å². The Hall–Kier alpha value is -1.36. The lowest BCUT2D eigenvalue weighted by Gasteiger charge is -2.05. The standard InChI is InChI=1S/C10H17N3O2/c1-2-15-10(14)4-3-5-13-8-12-7-9(13)6-11/h7-8H,2-6,11H2,1H3. The third-order valence-corrected chi connectivity index (χ3v) is 2.09. The summed E-state index contributed by atoms with van der Waals surface area (Å²) in [4.78, 5) is 15.0. The number of ether oxygens (including phenoxy) is 1. The molecule has 1 aromatic heterocycles. The molecule has 1 heterocycles. The van der Waals surface area contributed by atoms with Crippen LogP contribution in [-0.2, 0) is 22.6 Å². The monoisotopic (exact) mass is 211 g/mol. The van der Waals surface area contributed by atoms with Gasteiger partial charge in [-0.25, -0.2) is 4.98 Å². The Morgan fingerprint density at radius 1 is 1.67 bits per heavy atom. The fourth-order valence-electron chi connectivity index (χ4n) is 1.35. The number of carbonyl (C=O) groups excluding carboxylic acids is 1. The van der Waals surface area contributed by atoms with Gasteiger partial charge in [-0.05, 0) is 13.3 Å². The summed E-state index contributed by atoms with van der Waals surface area (Å²) < 4.78 is 6.79. The Labute approximate surface area is 89.2 Å². The molecule has 1 rings (SSSR count). The summed E-state index contributed by atoms with van der Waals surface area (Å²) in [6.07, 6.45) is 4.66. The maximum Gasteiger partial charge on any atom is 0.305 e. The van der Waals surface area contributed by atoms with Crippen molar-refractivity contribution in [2.45, 2.75) is 32.9 Å². The van der Waals surface area contributed by atoms with Gasteiger partial charge in [0.25, 0.3) is 0 Å². The third kappa shape index (κ3) is 3.71. The maximum atomic E-state index is 11.1. The van der Waals surface area contributed by atoms with Crippen LogP contribution in [0.1, 0.15) is 25.5 Å². The van der Waals surface area contributed by atoms with Crippen LogP contribution in [0, 0.1) is 0 Å². The zero-order valence-corrected chi connectivity index (χ0v) is 8.98. The second kappa shape index (κ2) is 6.19. The van der Waals surface area contributed by atoms with Crippen LogP contribution in [0.5, 0.6) is 0 Å². The summed E-state index contributed by atoms with van der Waals surface area (Å²) in [5.41, 5.74) is 6.51. The topological polar surface area (TPSA) is 70.1 Å². The first-order valence-corrected chi connectivity index (χ1v) is 5.12. The van der Waals surface area contributed by atoms with E-state index in [9.17, 15) is 4.79 Å². The number of nitrogens with zero attached hydrogens (tertiary/aromatic N) is 2. The second-order valence-corrected chi connectivity index (χ2v) is 3.19. The van der Waals surface area contributed by atoms with Gasteiger partial charge in [0.05, 0.1) is 18.6 Å². The molecule has 0 fully saturated rings. The molecule has 0 spiro atoms. The molecule has 0 saturated carbocycles. The second-order valence-electron chi connectivity index (χ2n) is 3.19. The molecule has 0 radical (unpaired) electrons. The van der Waals surface area contributed by atoms with E-state index in [1.54, 1.807) is 19.4 Å². The summed E-state index contributed by atoms with van der Waals surface area (Å²) in [5.74, 6) is -0.146. The number of nitrogens with two attached hydrogens (primary N) is 1. The van der Waals surface area contributed by atoms with Crippen molar-refractivity contribution in [1.82, 2.24) is 9.55 Å². The van der Waals surface area contributed by atoms with E-state index in [1.165, 1.54) is 0 Å². The maximum absolute atomic E-state index is 11.1. The van der Waals surface area contributed by atoms with E-state index in [-0.39, 0.29) is 5.97 Å². The zero-order valence-electron chi connectivity index (χ0n) is 8.98. The number of carbonyl (C=O) groups is 1. The molecule has 0 amide bonds. The Morgan fingerprint density at radius 2 is 2.47 bits per heavy atom. The van der Waals surface area contributed by atoms with E-state index in [1.807, 2.05) is 4.57 Å². The third-order valence-electron chi connectivity index (χ3n) is 2.09. The van der Waals surface area contributed by atoms with Crippen molar-refractivity contribution >= 4 is 5.97 Å². The highest BCUT2D eigenvalue weighted by atomic mass is 16.5. The molecule has 5 nitrogen and oxygen atoms in total. The molecule has 0 aliphatic carbocycles. The lowest BCUT2D eigenvalue weighted by atomic mass is 10.3. The number of imidazole rings is 1. The minimum absolute atomic E-state index is 0.146. The van der Waals surface area contributed by atoms with Crippen molar-refractivity contribution < 1.29 is 9.53 Å². The molecule has 0 atom stereocenters. The lowest BCUT2D eigenvalue weighted by molar-refractivity contribution is -0.143. The predicted molar refractivity (Wildman–Crippen MR) is 56.0 cm³/mol. The fourth-order valence-corrected chi connectivity index (χ4v) is 1.35. The number of aryl methyl sites for hydroxylation is 1. The van der Waals surface area contributed by atoms with Crippen LogP contribution in [-0.4, -0.2) is 22.1 Å². The van der Waals surface area contributed by atoms with Gasteiger partial charge in [0, 0.05) is 25.7 Å². The Morgan fingerprint density at radius 3 is 3.13 bits per heavy atom. The first kappa shape index (κ1) is 11.7. The largest absolute Gasteiger partial charge is 0.466 e. The normalized spacial score (nSPS) is 10.3. The minimum atomic E-state index is -0.146. The van der Waals surface area contributed by atoms with Gasteiger partial charge in [0.15, 0.2) is 0 Å². The molecule has 15 heavy (non-hydrogen) atoms. The predicted octanol–water partition coefficient (Wildman–Crippen LogP) is 0.685. The van der Waals surface area contributed by atoms with Gasteiger partial charge < -0.3 is 15.0 Å². The van der Waals surface area contributed by atoms with Crippen LogP contribution >= 0.6 is 0 Å². The molecule has 2 N–H and O–H groups in total. The molecule has 0 saturated heterocycles. The molecule has 0 unspecified atom stereocenters. The number of hydrogen-bond acceptors (Lipinski definition) is 4. The summed E-state index contributed by atoms with van der Waals surface area (Å²) in [7, 11) is 0. The lowest BCUT2D eigenvalue weighted by Crippen LogP contribution is -2.09. The van der Waals surface area contributed by atoms with Crippen LogP contribution in [0.25, 0.3) is 0 Å². The first-order chi connectivity index (χ1) is 7.27. The summed E-state index contributed by atoms with van der Waals surface area (Å²) in [6.45, 7) is 3.48. The minimum Gasteiger partial charge on any atom is -0.466 e. The van der Waals surface area contributed by atoms with E-state index in [0.29, 0.717) is 19.6 Å². The number of hydrogen-bond donors (Lipinski definition) is 1. The highest BCUT2D eigenvalue weighted by Gasteiger charge is 2.03. The van der Waals surface area contributed by atoms with E-state index >= 15 is 0 Å². The SMILES string of the molecule is CCOC(=O)CCCn1cncc1CN. The molecule has 0 aliphatic rings. The highest BCUT2D eigenvalue weighted by Crippen LogP contribution is 2.02. The molecule has 0 aromatic carbocycles. The fraction of sp³-hybridized carbons (Fsp3) is 0.600. The molecule has 5 heteroatoms. The Balaban J connectivity index is 2.28. The van der Waals surface area contributed by atoms with E-state index in [0.717, 1.165) is 18.7 Å². The van der Waals surface area contributed by atoms with Gasteiger partial charge in [0.1, 0.15) is 0 Å². The molecular formula is C10H17N3O2. The van der Waals surface area contributed by atoms with Gasteiger partial charge in [0.2, 0.25) is 0 Å². The van der Waals surface area contributed by atoms with Crippen molar-refractivity contribution in [3.05, 3.63) is 18.2 Å². The summed E-state index contributed by atoms with van der Waals surface area (Å²) in [6, 6.07) is 0. The first-order valence-electron chi connectivity index (χ1n) is 5.12. The van der Waals surface area contributed by atoms with Gasteiger partial charge in [-0.1, -0.05) is 0 Å². The summed E-state index contributed by atoms with van der Waals surface area (Å²) >= 11 is 0. The number of aromatic nitrogens is 2. The number of rotatable bonds is 6. The average Bonchev–Trinajstić information content (AvgIpc) is 2.66. The molecule has 0 aliphatic heterocycles. The van der Waals surface area contributed by atoms with Crippen LogP contribution in [0.4, 0.5) is 0 Å². The highest BCUT2D eigenvalue weighted by molar-refractivity contribution is 5.69. The number of esters is 1. The van der Waals surface area contributed by atoms with Crippen LogP contribution in [0.2, 0.25) is 0 Å². The van der Waals surface area contributed by atoms with E-state index < -0.39 is 0 Å². The van der Waals surface area contributed by atoms with Gasteiger partial charge in [-0.3, -0.25) is 4.79 Å².